The van der Waals surface area contributed by atoms with Crippen LogP contribution in [-0.2, 0) is 20.7 Å². The standard InChI is InChI=1S/C13H16BrNO3/c1-9-3-5-10(6-4-9)7-12(16)15-8-11(14)13(17)18-2/h3-6,11H,7-8H2,1-2H3,(H,15,16). The Labute approximate surface area is 115 Å². The third-order valence-corrected chi connectivity index (χ3v) is 3.12. The van der Waals surface area contributed by atoms with Gasteiger partial charge in [-0.1, -0.05) is 45.8 Å². The van der Waals surface area contributed by atoms with Gasteiger partial charge in [-0.25, -0.2) is 0 Å². The monoisotopic (exact) mass is 313 g/mol. The summed E-state index contributed by atoms with van der Waals surface area (Å²) in [5, 5.41) is 2.67. The fourth-order valence-electron chi connectivity index (χ4n) is 1.37. The van der Waals surface area contributed by atoms with Gasteiger partial charge in [0.2, 0.25) is 5.91 Å². The van der Waals surface area contributed by atoms with E-state index in [4.69, 9.17) is 0 Å². The van der Waals surface area contributed by atoms with Gasteiger partial charge in [-0.05, 0) is 12.5 Å². The molecule has 0 fully saturated rings. The summed E-state index contributed by atoms with van der Waals surface area (Å²) in [7, 11) is 1.31. The van der Waals surface area contributed by atoms with E-state index in [1.165, 1.54) is 7.11 Å². The van der Waals surface area contributed by atoms with Crippen molar-refractivity contribution in [3.8, 4) is 0 Å². The summed E-state index contributed by atoms with van der Waals surface area (Å²) in [6.45, 7) is 2.22. The van der Waals surface area contributed by atoms with Crippen molar-refractivity contribution in [2.75, 3.05) is 13.7 Å². The van der Waals surface area contributed by atoms with E-state index in [0.717, 1.165) is 11.1 Å². The van der Waals surface area contributed by atoms with Crippen molar-refractivity contribution in [1.29, 1.82) is 0 Å². The average Bonchev–Trinajstić information content (AvgIpc) is 2.37. The Balaban J connectivity index is 2.38. The number of alkyl halides is 1. The van der Waals surface area contributed by atoms with Crippen LogP contribution >= 0.6 is 15.9 Å². The number of rotatable bonds is 5. The first kappa shape index (κ1) is 14.7. The molecule has 98 valence electrons. The SMILES string of the molecule is COC(=O)C(Br)CNC(=O)Cc1ccc(C)cc1. The van der Waals surface area contributed by atoms with Crippen molar-refractivity contribution in [2.45, 2.75) is 18.2 Å². The van der Waals surface area contributed by atoms with Crippen molar-refractivity contribution in [1.82, 2.24) is 5.32 Å². The van der Waals surface area contributed by atoms with Gasteiger partial charge in [-0.3, -0.25) is 9.59 Å². The minimum atomic E-state index is -0.510. The number of benzene rings is 1. The summed E-state index contributed by atoms with van der Waals surface area (Å²) in [6.07, 6.45) is 0.307. The summed E-state index contributed by atoms with van der Waals surface area (Å²) >= 11 is 3.14. The van der Waals surface area contributed by atoms with E-state index in [9.17, 15) is 9.59 Å². The number of methoxy groups -OCH3 is 1. The van der Waals surface area contributed by atoms with E-state index in [2.05, 4.69) is 26.0 Å². The quantitative estimate of drug-likeness (QED) is 0.663. The topological polar surface area (TPSA) is 55.4 Å². The molecule has 0 aliphatic carbocycles. The van der Waals surface area contributed by atoms with Crippen LogP contribution in [0.1, 0.15) is 11.1 Å². The fraction of sp³-hybridized carbons (Fsp3) is 0.385. The molecule has 0 heterocycles. The van der Waals surface area contributed by atoms with Gasteiger partial charge in [0.05, 0.1) is 13.5 Å². The number of ether oxygens (including phenoxy) is 1. The zero-order valence-corrected chi connectivity index (χ0v) is 12.0. The molecule has 1 atom stereocenters. The molecule has 1 amide bonds. The lowest BCUT2D eigenvalue weighted by atomic mass is 10.1. The van der Waals surface area contributed by atoms with Gasteiger partial charge in [-0.15, -0.1) is 0 Å². The minimum absolute atomic E-state index is 0.118. The molecule has 4 nitrogen and oxygen atoms in total. The molecule has 0 radical (unpaired) electrons. The molecular weight excluding hydrogens is 298 g/mol. The van der Waals surface area contributed by atoms with Crippen molar-refractivity contribution >= 4 is 27.8 Å². The fourth-order valence-corrected chi connectivity index (χ4v) is 1.72. The third kappa shape index (κ3) is 4.87. The van der Waals surface area contributed by atoms with Crippen LogP contribution in [0.5, 0.6) is 0 Å². The van der Waals surface area contributed by atoms with Crippen LogP contribution in [0, 0.1) is 6.92 Å². The Bertz CT molecular complexity index is 417. The van der Waals surface area contributed by atoms with Crippen molar-refractivity contribution in [3.63, 3.8) is 0 Å². The highest BCUT2D eigenvalue weighted by Gasteiger charge is 2.15. The van der Waals surface area contributed by atoms with Crippen LogP contribution in [-0.4, -0.2) is 30.4 Å². The number of hydrogen-bond acceptors (Lipinski definition) is 3. The molecule has 0 aliphatic rings. The second-order valence-electron chi connectivity index (χ2n) is 3.96. The first-order valence-corrected chi connectivity index (χ1v) is 6.48. The van der Waals surface area contributed by atoms with Crippen LogP contribution in [0.15, 0.2) is 24.3 Å². The Hall–Kier alpha value is -1.36. The highest BCUT2D eigenvalue weighted by molar-refractivity contribution is 9.10. The zero-order valence-electron chi connectivity index (χ0n) is 10.4. The molecule has 0 saturated heterocycles. The number of carbonyl (C=O) groups excluding carboxylic acids is 2. The normalized spacial score (nSPS) is 11.7. The Morgan fingerprint density at radius 1 is 1.33 bits per heavy atom. The number of aryl methyl sites for hydroxylation is 1. The highest BCUT2D eigenvalue weighted by atomic mass is 79.9. The van der Waals surface area contributed by atoms with E-state index < -0.39 is 10.8 Å². The average molecular weight is 314 g/mol. The van der Waals surface area contributed by atoms with Gasteiger partial charge in [0.15, 0.2) is 0 Å². The number of nitrogens with one attached hydrogen (secondary N) is 1. The maximum absolute atomic E-state index is 11.6. The van der Waals surface area contributed by atoms with E-state index >= 15 is 0 Å². The smallest absolute Gasteiger partial charge is 0.321 e. The molecule has 0 aliphatic heterocycles. The van der Waals surface area contributed by atoms with E-state index in [1.54, 1.807) is 0 Å². The first-order chi connectivity index (χ1) is 8.52. The molecule has 0 spiro atoms. The Kier molecular flexibility index (Phi) is 5.85. The zero-order chi connectivity index (χ0) is 13.5. The van der Waals surface area contributed by atoms with E-state index in [0.29, 0.717) is 6.42 Å². The van der Waals surface area contributed by atoms with Gasteiger partial charge >= 0.3 is 5.97 Å². The van der Waals surface area contributed by atoms with Crippen LogP contribution < -0.4 is 5.32 Å². The molecule has 0 aromatic heterocycles. The molecule has 5 heteroatoms. The predicted octanol–water partition coefficient (Wildman–Crippen LogP) is 1.59. The summed E-state index contributed by atoms with van der Waals surface area (Å²) in [5.74, 6) is -0.516. The first-order valence-electron chi connectivity index (χ1n) is 5.57. The van der Waals surface area contributed by atoms with Crippen molar-refractivity contribution in [3.05, 3.63) is 35.4 Å². The molecule has 0 bridgehead atoms. The Morgan fingerprint density at radius 3 is 2.50 bits per heavy atom. The molecular formula is C13H16BrNO3. The van der Waals surface area contributed by atoms with Gasteiger partial charge in [0, 0.05) is 6.54 Å². The molecule has 1 aromatic carbocycles. The van der Waals surface area contributed by atoms with Gasteiger partial charge < -0.3 is 10.1 Å². The highest BCUT2D eigenvalue weighted by Crippen LogP contribution is 2.04. The maximum atomic E-state index is 11.6. The summed E-state index contributed by atoms with van der Waals surface area (Å²) in [5.41, 5.74) is 2.10. The van der Waals surface area contributed by atoms with Crippen LogP contribution in [0.25, 0.3) is 0 Å². The van der Waals surface area contributed by atoms with Gasteiger partial charge in [0.25, 0.3) is 0 Å². The summed E-state index contributed by atoms with van der Waals surface area (Å²) in [4.78, 5) is 22.2. The molecule has 1 aromatic rings. The predicted molar refractivity (Wildman–Crippen MR) is 72.6 cm³/mol. The molecule has 1 N–H and O–H groups in total. The number of esters is 1. The molecule has 18 heavy (non-hydrogen) atoms. The van der Waals surface area contributed by atoms with E-state index in [1.807, 2.05) is 31.2 Å². The van der Waals surface area contributed by atoms with Gasteiger partial charge in [-0.2, -0.15) is 0 Å². The van der Waals surface area contributed by atoms with Crippen LogP contribution in [0.3, 0.4) is 0 Å². The maximum Gasteiger partial charge on any atom is 0.321 e. The lowest BCUT2D eigenvalue weighted by Crippen LogP contribution is -2.34. The number of halogens is 1. The second kappa shape index (κ2) is 7.16. The lowest BCUT2D eigenvalue weighted by molar-refractivity contribution is -0.139. The van der Waals surface area contributed by atoms with Gasteiger partial charge in [0.1, 0.15) is 4.83 Å². The second-order valence-corrected chi connectivity index (χ2v) is 5.06. The minimum Gasteiger partial charge on any atom is -0.468 e. The molecule has 1 rings (SSSR count). The molecule has 1 unspecified atom stereocenters. The van der Waals surface area contributed by atoms with Crippen LogP contribution in [0.4, 0.5) is 0 Å². The largest absolute Gasteiger partial charge is 0.468 e. The number of carbonyl (C=O) groups is 2. The van der Waals surface area contributed by atoms with Crippen LogP contribution in [0.2, 0.25) is 0 Å². The number of hydrogen-bond donors (Lipinski definition) is 1. The summed E-state index contributed by atoms with van der Waals surface area (Å²) in [6, 6.07) is 7.76. The van der Waals surface area contributed by atoms with E-state index in [-0.39, 0.29) is 12.5 Å². The van der Waals surface area contributed by atoms with Crippen molar-refractivity contribution in [2.24, 2.45) is 0 Å². The Morgan fingerprint density at radius 2 is 1.94 bits per heavy atom. The van der Waals surface area contributed by atoms with Crippen molar-refractivity contribution < 1.29 is 14.3 Å². The number of amides is 1. The third-order valence-electron chi connectivity index (χ3n) is 2.42. The lowest BCUT2D eigenvalue weighted by Gasteiger charge is -2.09. The summed E-state index contributed by atoms with van der Waals surface area (Å²) < 4.78 is 4.54. The molecule has 0 saturated carbocycles.